The molecule has 2 amide bonds. The Hall–Kier alpha value is -2.21. The quantitative estimate of drug-likeness (QED) is 0.839. The number of thiazole rings is 1. The van der Waals surface area contributed by atoms with E-state index in [1.807, 2.05) is 35.4 Å². The van der Waals surface area contributed by atoms with Gasteiger partial charge in [0.25, 0.3) is 5.91 Å². The number of hydrogen-bond acceptors (Lipinski definition) is 4. The minimum Gasteiger partial charge on any atom is -0.353 e. The van der Waals surface area contributed by atoms with E-state index in [0.717, 1.165) is 50.2 Å². The van der Waals surface area contributed by atoms with Crippen LogP contribution in [0.2, 0.25) is 0 Å². The van der Waals surface area contributed by atoms with Crippen LogP contribution in [-0.2, 0) is 11.2 Å². The molecule has 1 aliphatic heterocycles. The van der Waals surface area contributed by atoms with Crippen molar-refractivity contribution in [3.63, 3.8) is 0 Å². The predicted octanol–water partition coefficient (Wildman–Crippen LogP) is 3.59. The monoisotopic (exact) mass is 397 g/mol. The van der Waals surface area contributed by atoms with Crippen LogP contribution in [-0.4, -0.2) is 40.8 Å². The zero-order chi connectivity index (χ0) is 19.6. The zero-order valence-corrected chi connectivity index (χ0v) is 17.1. The SMILES string of the molecule is Cc1nc(C(=O)N2CCC3(CCC3NC(=O)CCc3ccccc3)CC2)cs1. The van der Waals surface area contributed by atoms with E-state index in [1.165, 1.54) is 16.9 Å². The molecule has 28 heavy (non-hydrogen) atoms. The van der Waals surface area contributed by atoms with Crippen LogP contribution in [0.4, 0.5) is 0 Å². The van der Waals surface area contributed by atoms with Gasteiger partial charge in [-0.3, -0.25) is 9.59 Å². The van der Waals surface area contributed by atoms with Crippen molar-refractivity contribution in [3.05, 3.63) is 52.0 Å². The van der Waals surface area contributed by atoms with Crippen LogP contribution in [0.1, 0.15) is 53.2 Å². The van der Waals surface area contributed by atoms with Crippen molar-refractivity contribution < 1.29 is 9.59 Å². The van der Waals surface area contributed by atoms with Gasteiger partial charge in [-0.05, 0) is 50.0 Å². The number of carbonyl (C=O) groups is 2. The Morgan fingerprint density at radius 1 is 1.21 bits per heavy atom. The summed E-state index contributed by atoms with van der Waals surface area (Å²) >= 11 is 1.52. The Labute approximate surface area is 170 Å². The maximum atomic E-state index is 12.6. The average molecular weight is 398 g/mol. The van der Waals surface area contributed by atoms with E-state index < -0.39 is 0 Å². The van der Waals surface area contributed by atoms with Crippen LogP contribution in [0.3, 0.4) is 0 Å². The second-order valence-corrected chi connectivity index (χ2v) is 9.11. The summed E-state index contributed by atoms with van der Waals surface area (Å²) in [6, 6.07) is 10.4. The first-order chi connectivity index (χ1) is 13.6. The van der Waals surface area contributed by atoms with Crippen molar-refractivity contribution in [2.24, 2.45) is 5.41 Å². The molecule has 1 saturated carbocycles. The van der Waals surface area contributed by atoms with Gasteiger partial charge in [0.05, 0.1) is 5.01 Å². The molecule has 1 aromatic carbocycles. The van der Waals surface area contributed by atoms with E-state index in [4.69, 9.17) is 0 Å². The number of nitrogens with one attached hydrogen (secondary N) is 1. The van der Waals surface area contributed by atoms with Gasteiger partial charge in [0, 0.05) is 30.9 Å². The highest BCUT2D eigenvalue weighted by Gasteiger charge is 2.49. The number of likely N-dealkylation sites (tertiary alicyclic amines) is 1. The van der Waals surface area contributed by atoms with Gasteiger partial charge in [-0.2, -0.15) is 0 Å². The summed E-state index contributed by atoms with van der Waals surface area (Å²) in [5.74, 6) is 0.186. The van der Waals surface area contributed by atoms with Crippen LogP contribution >= 0.6 is 11.3 Å². The Morgan fingerprint density at radius 3 is 2.57 bits per heavy atom. The molecule has 1 saturated heterocycles. The number of hydrogen-bond donors (Lipinski definition) is 1. The number of nitrogens with zero attached hydrogens (tertiary/aromatic N) is 2. The summed E-state index contributed by atoms with van der Waals surface area (Å²) < 4.78 is 0. The molecule has 2 heterocycles. The van der Waals surface area contributed by atoms with Gasteiger partial charge in [0.2, 0.25) is 5.91 Å². The largest absolute Gasteiger partial charge is 0.353 e. The van der Waals surface area contributed by atoms with Gasteiger partial charge >= 0.3 is 0 Å². The molecule has 2 fully saturated rings. The first-order valence-corrected chi connectivity index (χ1v) is 11.0. The molecule has 2 aliphatic rings. The second kappa shape index (κ2) is 8.03. The Bertz CT molecular complexity index is 840. The van der Waals surface area contributed by atoms with Crippen LogP contribution < -0.4 is 5.32 Å². The third-order valence-electron chi connectivity index (χ3n) is 6.37. The number of aromatic nitrogens is 1. The molecule has 2 aromatic rings. The van der Waals surface area contributed by atoms with Crippen LogP contribution in [0.15, 0.2) is 35.7 Å². The van der Waals surface area contributed by atoms with E-state index in [2.05, 4.69) is 22.4 Å². The molecule has 0 bridgehead atoms. The van der Waals surface area contributed by atoms with Crippen molar-refractivity contribution in [3.8, 4) is 0 Å². The van der Waals surface area contributed by atoms with Crippen molar-refractivity contribution in [2.45, 2.75) is 51.5 Å². The minimum absolute atomic E-state index is 0.0435. The maximum absolute atomic E-state index is 12.6. The molecule has 148 valence electrons. The summed E-state index contributed by atoms with van der Waals surface area (Å²) in [6.07, 6.45) is 5.44. The van der Waals surface area contributed by atoms with E-state index in [-0.39, 0.29) is 23.3 Å². The van der Waals surface area contributed by atoms with Gasteiger partial charge in [0.1, 0.15) is 5.69 Å². The number of carbonyl (C=O) groups excluding carboxylic acids is 2. The molecule has 1 N–H and O–H groups in total. The molecule has 5 nitrogen and oxygen atoms in total. The topological polar surface area (TPSA) is 62.3 Å². The zero-order valence-electron chi connectivity index (χ0n) is 16.3. The summed E-state index contributed by atoms with van der Waals surface area (Å²) in [7, 11) is 0. The molecule has 1 aromatic heterocycles. The number of rotatable bonds is 5. The lowest BCUT2D eigenvalue weighted by molar-refractivity contribution is -0.125. The Kier molecular flexibility index (Phi) is 5.49. The Morgan fingerprint density at radius 2 is 1.96 bits per heavy atom. The van der Waals surface area contributed by atoms with Crippen molar-refractivity contribution >= 4 is 23.2 Å². The maximum Gasteiger partial charge on any atom is 0.273 e. The van der Waals surface area contributed by atoms with E-state index in [1.54, 1.807) is 0 Å². The minimum atomic E-state index is 0.0435. The molecule has 1 atom stereocenters. The third-order valence-corrected chi connectivity index (χ3v) is 7.15. The van der Waals surface area contributed by atoms with E-state index in [9.17, 15) is 9.59 Å². The number of benzene rings is 1. The lowest BCUT2D eigenvalue weighted by atomic mass is 9.59. The first-order valence-electron chi connectivity index (χ1n) is 10.1. The number of aryl methyl sites for hydroxylation is 2. The summed E-state index contributed by atoms with van der Waals surface area (Å²) in [5, 5.41) is 6.05. The number of amides is 2. The fourth-order valence-electron chi connectivity index (χ4n) is 4.47. The third kappa shape index (κ3) is 3.97. The van der Waals surface area contributed by atoms with Crippen molar-refractivity contribution in [1.29, 1.82) is 0 Å². The van der Waals surface area contributed by atoms with Crippen molar-refractivity contribution in [2.75, 3.05) is 13.1 Å². The number of piperidine rings is 1. The highest BCUT2D eigenvalue weighted by Crippen LogP contribution is 2.49. The van der Waals surface area contributed by atoms with Crippen molar-refractivity contribution in [1.82, 2.24) is 15.2 Å². The van der Waals surface area contributed by atoms with Gasteiger partial charge in [-0.15, -0.1) is 11.3 Å². The van der Waals surface area contributed by atoms with Gasteiger partial charge in [-0.25, -0.2) is 4.98 Å². The average Bonchev–Trinajstić information content (AvgIpc) is 3.16. The molecule has 1 unspecified atom stereocenters. The van der Waals surface area contributed by atoms with Gasteiger partial charge in [-0.1, -0.05) is 30.3 Å². The van der Waals surface area contributed by atoms with Crippen LogP contribution in [0, 0.1) is 12.3 Å². The smallest absolute Gasteiger partial charge is 0.273 e. The standard InChI is InChI=1S/C22H27N3O2S/c1-16-23-18(15-28-16)21(27)25-13-11-22(12-14-25)10-9-19(22)24-20(26)8-7-17-5-3-2-4-6-17/h2-6,15,19H,7-14H2,1H3,(H,24,26). The van der Waals surface area contributed by atoms with Gasteiger partial charge < -0.3 is 10.2 Å². The molecule has 1 spiro atoms. The predicted molar refractivity (Wildman–Crippen MR) is 110 cm³/mol. The fourth-order valence-corrected chi connectivity index (χ4v) is 5.06. The summed E-state index contributed by atoms with van der Waals surface area (Å²) in [5.41, 5.74) is 1.94. The highest BCUT2D eigenvalue weighted by atomic mass is 32.1. The first kappa shape index (κ1) is 19.1. The van der Waals surface area contributed by atoms with Gasteiger partial charge in [0.15, 0.2) is 0 Å². The Balaban J connectivity index is 1.27. The summed E-state index contributed by atoms with van der Waals surface area (Å²) in [6.45, 7) is 3.43. The van der Waals surface area contributed by atoms with Crippen LogP contribution in [0.25, 0.3) is 0 Å². The van der Waals surface area contributed by atoms with E-state index >= 15 is 0 Å². The normalized spacial score (nSPS) is 20.6. The lowest BCUT2D eigenvalue weighted by Crippen LogP contribution is -2.59. The molecular formula is C22H27N3O2S. The molecule has 1 aliphatic carbocycles. The second-order valence-electron chi connectivity index (χ2n) is 8.05. The van der Waals surface area contributed by atoms with E-state index in [0.29, 0.717) is 12.1 Å². The fraction of sp³-hybridized carbons (Fsp3) is 0.500. The summed E-state index contributed by atoms with van der Waals surface area (Å²) in [4.78, 5) is 31.3. The van der Waals surface area contributed by atoms with Crippen LogP contribution in [0.5, 0.6) is 0 Å². The highest BCUT2D eigenvalue weighted by molar-refractivity contribution is 7.09. The lowest BCUT2D eigenvalue weighted by Gasteiger charge is -2.54. The molecule has 6 heteroatoms. The molecular weight excluding hydrogens is 370 g/mol. The molecule has 4 rings (SSSR count). The molecule has 0 radical (unpaired) electrons.